The van der Waals surface area contributed by atoms with Crippen LogP contribution in [-0.2, 0) is 17.1 Å². The highest BCUT2D eigenvalue weighted by atomic mass is 32.2. The number of imidazole rings is 1. The van der Waals surface area contributed by atoms with Crippen LogP contribution in [0.3, 0.4) is 0 Å². The van der Waals surface area contributed by atoms with Crippen LogP contribution >= 0.6 is 11.8 Å². The van der Waals surface area contributed by atoms with Crippen molar-refractivity contribution in [2.45, 2.75) is 19.2 Å². The van der Waals surface area contributed by atoms with E-state index in [9.17, 15) is 9.18 Å². The molecule has 0 saturated carbocycles. The number of benzene rings is 1. The molecule has 0 atom stereocenters. The number of carboxylic acids is 1. The minimum Gasteiger partial charge on any atom is -0.481 e. The SMILES string of the molecule is CCn1c(CSCC(=O)O)nc2ccc(F)cc21. The first-order chi connectivity index (χ1) is 8.61. The van der Waals surface area contributed by atoms with Gasteiger partial charge in [-0.05, 0) is 25.1 Å². The molecular weight excluding hydrogens is 255 g/mol. The summed E-state index contributed by atoms with van der Waals surface area (Å²) in [6.45, 7) is 2.64. The highest BCUT2D eigenvalue weighted by Crippen LogP contribution is 2.20. The van der Waals surface area contributed by atoms with Crippen LogP contribution in [0.5, 0.6) is 0 Å². The Morgan fingerprint density at radius 1 is 1.56 bits per heavy atom. The number of carbonyl (C=O) groups is 1. The van der Waals surface area contributed by atoms with Crippen LogP contribution in [0.2, 0.25) is 0 Å². The predicted molar refractivity (Wildman–Crippen MR) is 69.2 cm³/mol. The predicted octanol–water partition coefficient (Wildman–Crippen LogP) is 2.51. The molecule has 2 rings (SSSR count). The van der Waals surface area contributed by atoms with Crippen LogP contribution in [0.15, 0.2) is 18.2 Å². The molecule has 0 aliphatic rings. The second-order valence-corrected chi connectivity index (χ2v) is 4.78. The second-order valence-electron chi connectivity index (χ2n) is 3.79. The van der Waals surface area contributed by atoms with E-state index in [4.69, 9.17) is 5.11 Å². The molecule has 0 radical (unpaired) electrons. The van der Waals surface area contributed by atoms with Gasteiger partial charge < -0.3 is 9.67 Å². The molecule has 1 heterocycles. The quantitative estimate of drug-likeness (QED) is 0.905. The Bertz CT molecular complexity index is 583. The van der Waals surface area contributed by atoms with Gasteiger partial charge >= 0.3 is 5.97 Å². The summed E-state index contributed by atoms with van der Waals surface area (Å²) < 4.78 is 15.1. The van der Waals surface area contributed by atoms with Gasteiger partial charge in [0.15, 0.2) is 0 Å². The van der Waals surface area contributed by atoms with Crippen molar-refractivity contribution in [2.75, 3.05) is 5.75 Å². The molecule has 4 nitrogen and oxygen atoms in total. The van der Waals surface area contributed by atoms with Crippen molar-refractivity contribution >= 4 is 28.8 Å². The summed E-state index contributed by atoms with van der Waals surface area (Å²) in [5.74, 6) is 0.203. The van der Waals surface area contributed by atoms with Crippen LogP contribution in [0.4, 0.5) is 4.39 Å². The van der Waals surface area contributed by atoms with Crippen LogP contribution in [0.25, 0.3) is 11.0 Å². The van der Waals surface area contributed by atoms with Gasteiger partial charge in [-0.2, -0.15) is 0 Å². The third kappa shape index (κ3) is 2.64. The van der Waals surface area contributed by atoms with Gasteiger partial charge in [0.2, 0.25) is 0 Å². The monoisotopic (exact) mass is 268 g/mol. The van der Waals surface area contributed by atoms with E-state index >= 15 is 0 Å². The number of nitrogens with zero attached hydrogens (tertiary/aromatic N) is 2. The number of rotatable bonds is 5. The van der Waals surface area contributed by atoms with Gasteiger partial charge in [-0.3, -0.25) is 4.79 Å². The lowest BCUT2D eigenvalue weighted by atomic mass is 10.3. The molecule has 0 amide bonds. The Labute approximate surface area is 108 Å². The topological polar surface area (TPSA) is 55.1 Å². The summed E-state index contributed by atoms with van der Waals surface area (Å²) in [5.41, 5.74) is 1.49. The molecule has 18 heavy (non-hydrogen) atoms. The summed E-state index contributed by atoms with van der Waals surface area (Å²) in [4.78, 5) is 14.9. The molecular formula is C12H13FN2O2S. The Morgan fingerprint density at radius 2 is 2.33 bits per heavy atom. The van der Waals surface area contributed by atoms with Crippen molar-refractivity contribution in [3.05, 3.63) is 29.8 Å². The Morgan fingerprint density at radius 3 is 3.00 bits per heavy atom. The van der Waals surface area contributed by atoms with Crippen molar-refractivity contribution in [3.8, 4) is 0 Å². The van der Waals surface area contributed by atoms with E-state index in [1.54, 1.807) is 6.07 Å². The molecule has 1 aromatic heterocycles. The van der Waals surface area contributed by atoms with Gasteiger partial charge in [0.05, 0.1) is 22.5 Å². The summed E-state index contributed by atoms with van der Waals surface area (Å²) in [6.07, 6.45) is 0. The van der Waals surface area contributed by atoms with Gasteiger partial charge in [0.1, 0.15) is 11.6 Å². The second kappa shape index (κ2) is 5.39. The fourth-order valence-corrected chi connectivity index (χ4v) is 2.52. The molecule has 6 heteroatoms. The van der Waals surface area contributed by atoms with E-state index in [2.05, 4.69) is 4.98 Å². The van der Waals surface area contributed by atoms with E-state index in [1.165, 1.54) is 23.9 Å². The highest BCUT2D eigenvalue weighted by Gasteiger charge is 2.10. The van der Waals surface area contributed by atoms with Crippen molar-refractivity contribution in [1.29, 1.82) is 0 Å². The first-order valence-electron chi connectivity index (χ1n) is 5.56. The largest absolute Gasteiger partial charge is 0.481 e. The maximum absolute atomic E-state index is 13.2. The van der Waals surface area contributed by atoms with Gasteiger partial charge in [-0.25, -0.2) is 9.37 Å². The number of halogens is 1. The minimum absolute atomic E-state index is 0.0429. The maximum atomic E-state index is 13.2. The van der Waals surface area contributed by atoms with Crippen LogP contribution < -0.4 is 0 Å². The van der Waals surface area contributed by atoms with E-state index in [-0.39, 0.29) is 11.6 Å². The Hall–Kier alpha value is -1.56. The number of fused-ring (bicyclic) bond motifs is 1. The number of aryl methyl sites for hydroxylation is 1. The average molecular weight is 268 g/mol. The average Bonchev–Trinajstić information content (AvgIpc) is 2.65. The summed E-state index contributed by atoms with van der Waals surface area (Å²) in [7, 11) is 0. The third-order valence-electron chi connectivity index (χ3n) is 2.56. The number of aliphatic carboxylic acids is 1. The normalized spacial score (nSPS) is 11.0. The van der Waals surface area contributed by atoms with Gasteiger partial charge in [-0.1, -0.05) is 0 Å². The number of aromatic nitrogens is 2. The zero-order valence-electron chi connectivity index (χ0n) is 9.89. The third-order valence-corrected chi connectivity index (χ3v) is 3.48. The lowest BCUT2D eigenvalue weighted by molar-refractivity contribution is -0.133. The molecule has 0 aliphatic heterocycles. The lowest BCUT2D eigenvalue weighted by Crippen LogP contribution is -2.03. The zero-order valence-corrected chi connectivity index (χ0v) is 10.7. The molecule has 96 valence electrons. The summed E-state index contributed by atoms with van der Waals surface area (Å²) in [5, 5.41) is 8.60. The molecule has 1 aromatic carbocycles. The summed E-state index contributed by atoms with van der Waals surface area (Å²) >= 11 is 1.29. The standard InChI is InChI=1S/C12H13FN2O2S/c1-2-15-10-5-8(13)3-4-9(10)14-11(15)6-18-7-12(16)17/h3-5H,2,6-7H2,1H3,(H,16,17). The van der Waals surface area contributed by atoms with Gasteiger partial charge in [-0.15, -0.1) is 11.8 Å². The van der Waals surface area contributed by atoms with Gasteiger partial charge in [0, 0.05) is 6.54 Å². The highest BCUT2D eigenvalue weighted by molar-refractivity contribution is 7.99. The Balaban J connectivity index is 2.29. The molecule has 0 bridgehead atoms. The van der Waals surface area contributed by atoms with E-state index in [0.29, 0.717) is 12.3 Å². The number of thioether (sulfide) groups is 1. The van der Waals surface area contributed by atoms with Crippen LogP contribution in [0.1, 0.15) is 12.7 Å². The summed E-state index contributed by atoms with van der Waals surface area (Å²) in [6, 6.07) is 4.48. The van der Waals surface area contributed by atoms with Crippen molar-refractivity contribution < 1.29 is 14.3 Å². The van der Waals surface area contributed by atoms with E-state index in [1.807, 2.05) is 11.5 Å². The van der Waals surface area contributed by atoms with Crippen molar-refractivity contribution in [2.24, 2.45) is 0 Å². The first-order valence-corrected chi connectivity index (χ1v) is 6.71. The fraction of sp³-hybridized carbons (Fsp3) is 0.333. The molecule has 0 saturated heterocycles. The zero-order chi connectivity index (χ0) is 13.1. The number of hydrogen-bond donors (Lipinski definition) is 1. The molecule has 1 N–H and O–H groups in total. The van der Waals surface area contributed by atoms with Crippen molar-refractivity contribution in [1.82, 2.24) is 9.55 Å². The molecule has 0 aliphatic carbocycles. The molecule has 0 unspecified atom stereocenters. The van der Waals surface area contributed by atoms with E-state index in [0.717, 1.165) is 16.9 Å². The maximum Gasteiger partial charge on any atom is 0.313 e. The fourth-order valence-electron chi connectivity index (χ4n) is 1.84. The molecule has 0 fully saturated rings. The number of hydrogen-bond acceptors (Lipinski definition) is 3. The first kappa shape index (κ1) is 12.9. The number of carboxylic acid groups (broad SMARTS) is 1. The minimum atomic E-state index is -0.842. The van der Waals surface area contributed by atoms with Crippen molar-refractivity contribution in [3.63, 3.8) is 0 Å². The smallest absolute Gasteiger partial charge is 0.313 e. The van der Waals surface area contributed by atoms with Crippen LogP contribution in [-0.4, -0.2) is 26.4 Å². The van der Waals surface area contributed by atoms with Crippen LogP contribution in [0, 0.1) is 5.82 Å². The molecule has 0 spiro atoms. The van der Waals surface area contributed by atoms with Gasteiger partial charge in [0.25, 0.3) is 0 Å². The van der Waals surface area contributed by atoms with E-state index < -0.39 is 5.97 Å². The Kier molecular flexibility index (Phi) is 3.86. The lowest BCUT2D eigenvalue weighted by Gasteiger charge is -2.04. The molecule has 2 aromatic rings.